The Bertz CT molecular complexity index is 676. The summed E-state index contributed by atoms with van der Waals surface area (Å²) in [7, 11) is 0. The number of carbonyl (C=O) groups is 1. The predicted molar refractivity (Wildman–Crippen MR) is 87.5 cm³/mol. The predicted octanol–water partition coefficient (Wildman–Crippen LogP) is 3.89. The van der Waals surface area contributed by atoms with Crippen molar-refractivity contribution in [2.24, 2.45) is 0 Å². The topological polar surface area (TPSA) is 58.6 Å². The van der Waals surface area contributed by atoms with E-state index in [0.717, 1.165) is 0 Å². The van der Waals surface area contributed by atoms with E-state index in [-0.39, 0.29) is 12.5 Å². The van der Waals surface area contributed by atoms with Crippen LogP contribution < -0.4 is 10.1 Å². The molecule has 0 aliphatic heterocycles. The number of benzene rings is 2. The number of rotatable bonds is 5. The molecule has 0 fully saturated rings. The van der Waals surface area contributed by atoms with Gasteiger partial charge < -0.3 is 15.2 Å². The molecule has 6 heteroatoms. The van der Waals surface area contributed by atoms with Gasteiger partial charge in [-0.2, -0.15) is 0 Å². The van der Waals surface area contributed by atoms with E-state index in [9.17, 15) is 9.90 Å². The summed E-state index contributed by atoms with van der Waals surface area (Å²) in [4.78, 5) is 12.2. The maximum atomic E-state index is 12.2. The van der Waals surface area contributed by atoms with Gasteiger partial charge in [0.1, 0.15) is 5.75 Å². The van der Waals surface area contributed by atoms with Crippen LogP contribution in [0, 0.1) is 0 Å². The van der Waals surface area contributed by atoms with Crippen LogP contribution >= 0.6 is 23.2 Å². The lowest BCUT2D eigenvalue weighted by Crippen LogP contribution is -2.30. The number of amides is 1. The highest BCUT2D eigenvalue weighted by molar-refractivity contribution is 6.35. The van der Waals surface area contributed by atoms with Crippen molar-refractivity contribution in [3.05, 3.63) is 58.1 Å². The lowest BCUT2D eigenvalue weighted by Gasteiger charge is -2.17. The first-order chi connectivity index (χ1) is 10.5. The van der Waals surface area contributed by atoms with Crippen LogP contribution in [0.1, 0.15) is 12.5 Å². The van der Waals surface area contributed by atoms with Crippen molar-refractivity contribution in [1.82, 2.24) is 0 Å². The Hall–Kier alpha value is -1.75. The molecule has 0 aliphatic rings. The van der Waals surface area contributed by atoms with Gasteiger partial charge in [-0.15, -0.1) is 0 Å². The molecule has 2 aromatic carbocycles. The van der Waals surface area contributed by atoms with E-state index in [1.165, 1.54) is 0 Å². The molecular weight excluding hydrogens is 325 g/mol. The Morgan fingerprint density at radius 2 is 2.00 bits per heavy atom. The van der Waals surface area contributed by atoms with Crippen LogP contribution in [0.3, 0.4) is 0 Å². The summed E-state index contributed by atoms with van der Waals surface area (Å²) in [6.07, 6.45) is -0.759. The number of ether oxygens (including phenoxy) is 1. The molecule has 2 rings (SSSR count). The third-order valence-corrected chi connectivity index (χ3v) is 3.54. The van der Waals surface area contributed by atoms with Gasteiger partial charge in [-0.25, -0.2) is 0 Å². The van der Waals surface area contributed by atoms with Crippen LogP contribution in [-0.2, 0) is 11.4 Å². The van der Waals surface area contributed by atoms with Crippen molar-refractivity contribution in [3.63, 3.8) is 0 Å². The van der Waals surface area contributed by atoms with Gasteiger partial charge >= 0.3 is 0 Å². The zero-order chi connectivity index (χ0) is 16.1. The van der Waals surface area contributed by atoms with Crippen molar-refractivity contribution in [2.45, 2.75) is 19.6 Å². The first-order valence-electron chi connectivity index (χ1n) is 6.62. The fraction of sp³-hybridized carbons (Fsp3) is 0.188. The third kappa shape index (κ3) is 4.13. The highest BCUT2D eigenvalue weighted by Gasteiger charge is 2.17. The van der Waals surface area contributed by atoms with Crippen LogP contribution in [0.2, 0.25) is 10.0 Å². The summed E-state index contributed by atoms with van der Waals surface area (Å²) in [5.74, 6) is 0.0380. The number of hydrogen-bond donors (Lipinski definition) is 2. The largest absolute Gasteiger partial charge is 0.479 e. The van der Waals surface area contributed by atoms with Crippen LogP contribution in [0.25, 0.3) is 0 Å². The monoisotopic (exact) mass is 339 g/mol. The third-order valence-electron chi connectivity index (χ3n) is 3.01. The number of anilines is 1. The quantitative estimate of drug-likeness (QED) is 0.868. The maximum absolute atomic E-state index is 12.2. The van der Waals surface area contributed by atoms with Crippen molar-refractivity contribution in [3.8, 4) is 5.75 Å². The molecule has 0 heterocycles. The lowest BCUT2D eigenvalue weighted by atomic mass is 10.2. The molecule has 0 aliphatic carbocycles. The van der Waals surface area contributed by atoms with Gasteiger partial charge in [0.2, 0.25) is 0 Å². The lowest BCUT2D eigenvalue weighted by molar-refractivity contribution is -0.122. The number of aliphatic hydroxyl groups is 1. The second-order valence-corrected chi connectivity index (χ2v) is 5.48. The van der Waals surface area contributed by atoms with Gasteiger partial charge in [0.15, 0.2) is 6.10 Å². The number of para-hydroxylation sites is 1. The highest BCUT2D eigenvalue weighted by atomic mass is 35.5. The van der Waals surface area contributed by atoms with E-state index in [1.54, 1.807) is 49.4 Å². The summed E-state index contributed by atoms with van der Waals surface area (Å²) in [5, 5.41) is 12.8. The Balaban J connectivity index is 2.06. The molecule has 2 aromatic rings. The van der Waals surface area contributed by atoms with Gasteiger partial charge in [0.05, 0.1) is 11.6 Å². The number of hydrogen-bond acceptors (Lipinski definition) is 3. The van der Waals surface area contributed by atoms with Crippen LogP contribution in [0.5, 0.6) is 5.75 Å². The van der Waals surface area contributed by atoms with Crippen molar-refractivity contribution in [2.75, 3.05) is 5.32 Å². The molecule has 22 heavy (non-hydrogen) atoms. The van der Waals surface area contributed by atoms with Crippen molar-refractivity contribution in [1.29, 1.82) is 0 Å². The minimum Gasteiger partial charge on any atom is -0.479 e. The van der Waals surface area contributed by atoms with E-state index in [4.69, 9.17) is 27.9 Å². The van der Waals surface area contributed by atoms with Crippen molar-refractivity contribution < 1.29 is 14.6 Å². The zero-order valence-electron chi connectivity index (χ0n) is 11.8. The Kier molecular flexibility index (Phi) is 5.66. The summed E-state index contributed by atoms with van der Waals surface area (Å²) < 4.78 is 5.54. The first kappa shape index (κ1) is 16.6. The Morgan fingerprint density at radius 1 is 1.27 bits per heavy atom. The maximum Gasteiger partial charge on any atom is 0.265 e. The minimum atomic E-state index is -0.759. The van der Waals surface area contributed by atoms with Gasteiger partial charge in [-0.3, -0.25) is 4.79 Å². The fourth-order valence-electron chi connectivity index (χ4n) is 1.83. The van der Waals surface area contributed by atoms with E-state index >= 15 is 0 Å². The fourth-order valence-corrected chi connectivity index (χ4v) is 2.28. The Labute approximate surface area is 138 Å². The first-order valence-corrected chi connectivity index (χ1v) is 7.38. The number of aliphatic hydroxyl groups excluding tert-OH is 1. The number of halogens is 2. The van der Waals surface area contributed by atoms with Gasteiger partial charge in [0.25, 0.3) is 5.91 Å². The molecule has 0 saturated heterocycles. The smallest absolute Gasteiger partial charge is 0.265 e. The second kappa shape index (κ2) is 7.49. The number of nitrogens with one attached hydrogen (secondary N) is 1. The molecule has 0 bridgehead atoms. The van der Waals surface area contributed by atoms with Gasteiger partial charge in [0, 0.05) is 16.3 Å². The second-order valence-electron chi connectivity index (χ2n) is 4.64. The van der Waals surface area contributed by atoms with Gasteiger partial charge in [-0.1, -0.05) is 41.4 Å². The summed E-state index contributed by atoms with van der Waals surface area (Å²) >= 11 is 11.8. The standard InChI is InChI=1S/C16H15Cl2NO3/c1-10(22-15-7-6-12(17)8-13(15)18)16(21)19-14-5-3-2-4-11(14)9-20/h2-8,10,20H,9H2,1H3,(H,19,21)/t10-/m1/s1. The molecule has 0 unspecified atom stereocenters. The van der Waals surface area contributed by atoms with E-state index < -0.39 is 6.10 Å². The minimum absolute atomic E-state index is 0.158. The molecule has 2 N–H and O–H groups in total. The molecule has 0 spiro atoms. The SMILES string of the molecule is C[C@@H](Oc1ccc(Cl)cc1Cl)C(=O)Nc1ccccc1CO. The molecule has 0 radical (unpaired) electrons. The summed E-state index contributed by atoms with van der Waals surface area (Å²) in [6.45, 7) is 1.45. The molecule has 0 saturated carbocycles. The normalized spacial score (nSPS) is 11.8. The average molecular weight is 340 g/mol. The molecule has 4 nitrogen and oxygen atoms in total. The molecule has 0 aromatic heterocycles. The van der Waals surface area contributed by atoms with Crippen molar-refractivity contribution >= 4 is 34.8 Å². The number of carbonyl (C=O) groups excluding carboxylic acids is 1. The summed E-state index contributed by atoms with van der Waals surface area (Å²) in [5.41, 5.74) is 1.18. The van der Waals surface area contributed by atoms with Gasteiger partial charge in [-0.05, 0) is 31.2 Å². The average Bonchev–Trinajstić information content (AvgIpc) is 2.50. The molecule has 1 amide bonds. The Morgan fingerprint density at radius 3 is 2.68 bits per heavy atom. The van der Waals surface area contributed by atoms with Crippen LogP contribution in [0.15, 0.2) is 42.5 Å². The van der Waals surface area contributed by atoms with E-state index in [0.29, 0.717) is 27.0 Å². The van der Waals surface area contributed by atoms with E-state index in [1.807, 2.05) is 0 Å². The molecule has 1 atom stereocenters. The summed E-state index contributed by atoms with van der Waals surface area (Å²) in [6, 6.07) is 11.8. The highest BCUT2D eigenvalue weighted by Crippen LogP contribution is 2.28. The zero-order valence-corrected chi connectivity index (χ0v) is 13.4. The van der Waals surface area contributed by atoms with E-state index in [2.05, 4.69) is 5.32 Å². The van der Waals surface area contributed by atoms with Crippen LogP contribution in [0.4, 0.5) is 5.69 Å². The van der Waals surface area contributed by atoms with Crippen LogP contribution in [-0.4, -0.2) is 17.1 Å². The molecular formula is C16H15Cl2NO3. The molecule has 116 valence electrons.